The number of carbonyl (C=O) groups excluding carboxylic acids is 3. The molecule has 0 saturated heterocycles. The number of esters is 1. The fourth-order valence-corrected chi connectivity index (χ4v) is 3.15. The van der Waals surface area contributed by atoms with Crippen LogP contribution in [-0.2, 0) is 32.6 Å². The topological polar surface area (TPSA) is 103 Å². The van der Waals surface area contributed by atoms with Gasteiger partial charge in [-0.25, -0.2) is 4.79 Å². The highest BCUT2D eigenvalue weighted by Gasteiger charge is 2.26. The van der Waals surface area contributed by atoms with Gasteiger partial charge in [0.05, 0.1) is 12.1 Å². The Morgan fingerprint density at radius 2 is 1.97 bits per heavy atom. The molecule has 1 aromatic heterocycles. The zero-order valence-electron chi connectivity index (χ0n) is 17.2. The number of benzene rings is 1. The molecule has 1 aromatic carbocycles. The van der Waals surface area contributed by atoms with Crippen LogP contribution < -0.4 is 11.1 Å². The minimum atomic E-state index is -0.938. The van der Waals surface area contributed by atoms with E-state index in [1.807, 2.05) is 42.1 Å². The van der Waals surface area contributed by atoms with E-state index in [0.29, 0.717) is 6.42 Å². The average molecular weight is 399 g/mol. The van der Waals surface area contributed by atoms with Crippen LogP contribution in [0.1, 0.15) is 32.3 Å². The van der Waals surface area contributed by atoms with E-state index in [2.05, 4.69) is 11.9 Å². The molecule has 7 heteroatoms. The Morgan fingerprint density at radius 3 is 2.62 bits per heavy atom. The van der Waals surface area contributed by atoms with Gasteiger partial charge in [0.25, 0.3) is 0 Å². The van der Waals surface area contributed by atoms with Crippen molar-refractivity contribution >= 4 is 28.6 Å². The molecule has 0 fully saturated rings. The van der Waals surface area contributed by atoms with Gasteiger partial charge in [-0.2, -0.15) is 0 Å². The van der Waals surface area contributed by atoms with Gasteiger partial charge in [0, 0.05) is 30.6 Å². The SMILES string of the molecule is C=CC(=O)CC[C@H](NC(=O)[C@H](N)Cc1cn(C)c2ccccc12)C(=O)OC(C)C. The van der Waals surface area contributed by atoms with E-state index in [0.717, 1.165) is 16.5 Å². The van der Waals surface area contributed by atoms with E-state index >= 15 is 0 Å². The van der Waals surface area contributed by atoms with Crippen molar-refractivity contribution in [3.05, 3.63) is 48.7 Å². The lowest BCUT2D eigenvalue weighted by molar-refractivity contribution is -0.151. The first-order valence-corrected chi connectivity index (χ1v) is 9.67. The Kier molecular flexibility index (Phi) is 7.73. The summed E-state index contributed by atoms with van der Waals surface area (Å²) in [5.41, 5.74) is 8.13. The van der Waals surface area contributed by atoms with Gasteiger partial charge in [0.15, 0.2) is 5.78 Å². The van der Waals surface area contributed by atoms with E-state index in [9.17, 15) is 14.4 Å². The zero-order chi connectivity index (χ0) is 21.6. The van der Waals surface area contributed by atoms with Crippen molar-refractivity contribution in [1.82, 2.24) is 9.88 Å². The smallest absolute Gasteiger partial charge is 0.328 e. The molecule has 0 spiro atoms. The number of rotatable bonds is 10. The number of hydrogen-bond acceptors (Lipinski definition) is 5. The van der Waals surface area contributed by atoms with Gasteiger partial charge in [0.1, 0.15) is 6.04 Å². The van der Waals surface area contributed by atoms with Crippen LogP contribution in [0.5, 0.6) is 0 Å². The van der Waals surface area contributed by atoms with E-state index < -0.39 is 24.0 Å². The number of ketones is 1. The Hall–Kier alpha value is -2.93. The molecule has 1 amide bonds. The first-order chi connectivity index (χ1) is 13.7. The summed E-state index contributed by atoms with van der Waals surface area (Å²) in [5.74, 6) is -1.25. The quantitative estimate of drug-likeness (QED) is 0.470. The molecule has 0 bridgehead atoms. The second-order valence-electron chi connectivity index (χ2n) is 7.35. The summed E-state index contributed by atoms with van der Waals surface area (Å²) in [6.07, 6.45) is 3.35. The number of hydrogen-bond donors (Lipinski definition) is 2. The minimum absolute atomic E-state index is 0.0835. The molecule has 0 aliphatic carbocycles. The first-order valence-electron chi connectivity index (χ1n) is 9.67. The lowest BCUT2D eigenvalue weighted by Crippen LogP contribution is -2.50. The molecule has 1 heterocycles. The Balaban J connectivity index is 2.08. The van der Waals surface area contributed by atoms with Crippen LogP contribution in [0.2, 0.25) is 0 Å². The summed E-state index contributed by atoms with van der Waals surface area (Å²) < 4.78 is 7.19. The number of ether oxygens (including phenoxy) is 1. The Morgan fingerprint density at radius 1 is 1.28 bits per heavy atom. The number of aromatic nitrogens is 1. The summed E-state index contributed by atoms with van der Waals surface area (Å²) in [5, 5.41) is 3.68. The number of aryl methyl sites for hydroxylation is 1. The molecule has 0 unspecified atom stereocenters. The molecule has 2 aromatic rings. The third-order valence-electron chi connectivity index (χ3n) is 4.62. The molecular weight excluding hydrogens is 370 g/mol. The van der Waals surface area contributed by atoms with Crippen LogP contribution in [0.4, 0.5) is 0 Å². The summed E-state index contributed by atoms with van der Waals surface area (Å²) in [6, 6.07) is 6.09. The highest BCUT2D eigenvalue weighted by Crippen LogP contribution is 2.21. The van der Waals surface area contributed by atoms with Gasteiger partial charge in [0.2, 0.25) is 5.91 Å². The molecule has 29 heavy (non-hydrogen) atoms. The minimum Gasteiger partial charge on any atom is -0.461 e. The van der Waals surface area contributed by atoms with Crippen LogP contribution in [0.25, 0.3) is 10.9 Å². The number of nitrogens with zero attached hydrogens (tertiary/aromatic N) is 1. The van der Waals surface area contributed by atoms with E-state index in [-0.39, 0.29) is 24.7 Å². The normalized spacial score (nSPS) is 13.1. The van der Waals surface area contributed by atoms with Gasteiger partial charge >= 0.3 is 5.97 Å². The predicted octanol–water partition coefficient (Wildman–Crippen LogP) is 2.02. The maximum Gasteiger partial charge on any atom is 0.328 e. The summed E-state index contributed by atoms with van der Waals surface area (Å²) in [6.45, 7) is 6.86. The largest absolute Gasteiger partial charge is 0.461 e. The molecular formula is C22H29N3O4. The highest BCUT2D eigenvalue weighted by molar-refractivity contribution is 5.91. The molecule has 0 radical (unpaired) electrons. The Labute approximate surface area is 170 Å². The number of nitrogens with one attached hydrogen (secondary N) is 1. The monoisotopic (exact) mass is 399 g/mol. The Bertz CT molecular complexity index is 901. The average Bonchev–Trinajstić information content (AvgIpc) is 2.99. The van der Waals surface area contributed by atoms with Crippen molar-refractivity contribution in [2.24, 2.45) is 12.8 Å². The molecule has 0 aliphatic rings. The second kappa shape index (κ2) is 10.0. The zero-order valence-corrected chi connectivity index (χ0v) is 17.2. The summed E-state index contributed by atoms with van der Waals surface area (Å²) in [4.78, 5) is 36.5. The van der Waals surface area contributed by atoms with Crippen LogP contribution in [0.15, 0.2) is 43.1 Å². The lowest BCUT2D eigenvalue weighted by Gasteiger charge is -2.21. The van der Waals surface area contributed by atoms with Crippen molar-refractivity contribution in [2.45, 2.75) is 51.3 Å². The fraction of sp³-hybridized carbons (Fsp3) is 0.409. The van der Waals surface area contributed by atoms with E-state index in [1.54, 1.807) is 13.8 Å². The molecule has 2 rings (SSSR count). The summed E-state index contributed by atoms with van der Waals surface area (Å²) in [7, 11) is 1.94. The lowest BCUT2D eigenvalue weighted by atomic mass is 10.0. The number of fused-ring (bicyclic) bond motifs is 1. The van der Waals surface area contributed by atoms with Crippen LogP contribution >= 0.6 is 0 Å². The van der Waals surface area contributed by atoms with Crippen molar-refractivity contribution in [2.75, 3.05) is 0 Å². The molecule has 3 N–H and O–H groups in total. The van der Waals surface area contributed by atoms with E-state index in [4.69, 9.17) is 10.5 Å². The fourth-order valence-electron chi connectivity index (χ4n) is 3.15. The number of amides is 1. The van der Waals surface area contributed by atoms with E-state index in [1.165, 1.54) is 6.08 Å². The van der Waals surface area contributed by atoms with Crippen LogP contribution in [0, 0.1) is 0 Å². The van der Waals surface area contributed by atoms with Crippen LogP contribution in [0.3, 0.4) is 0 Å². The maximum atomic E-state index is 12.6. The second-order valence-corrected chi connectivity index (χ2v) is 7.35. The maximum absolute atomic E-state index is 12.6. The number of carbonyl (C=O) groups is 3. The van der Waals surface area contributed by atoms with Gasteiger partial charge < -0.3 is 20.4 Å². The number of para-hydroxylation sites is 1. The molecule has 156 valence electrons. The molecule has 7 nitrogen and oxygen atoms in total. The van der Waals surface area contributed by atoms with Gasteiger partial charge in [-0.1, -0.05) is 24.8 Å². The summed E-state index contributed by atoms with van der Waals surface area (Å²) >= 11 is 0. The van der Waals surface area contributed by atoms with Gasteiger partial charge in [-0.05, 0) is 44.4 Å². The first kappa shape index (κ1) is 22.4. The van der Waals surface area contributed by atoms with Crippen molar-refractivity contribution in [3.8, 4) is 0 Å². The van der Waals surface area contributed by atoms with Crippen molar-refractivity contribution in [3.63, 3.8) is 0 Å². The third-order valence-corrected chi connectivity index (χ3v) is 4.62. The van der Waals surface area contributed by atoms with Crippen molar-refractivity contribution in [1.29, 1.82) is 0 Å². The van der Waals surface area contributed by atoms with Crippen molar-refractivity contribution < 1.29 is 19.1 Å². The number of allylic oxidation sites excluding steroid dienone is 1. The van der Waals surface area contributed by atoms with Crippen LogP contribution in [-0.4, -0.2) is 40.4 Å². The third kappa shape index (κ3) is 6.02. The highest BCUT2D eigenvalue weighted by atomic mass is 16.5. The molecule has 0 aliphatic heterocycles. The molecule has 2 atom stereocenters. The molecule has 0 saturated carbocycles. The van der Waals surface area contributed by atoms with Gasteiger partial charge in [-0.3, -0.25) is 9.59 Å². The number of nitrogens with two attached hydrogens (primary N) is 1. The van der Waals surface area contributed by atoms with Gasteiger partial charge in [-0.15, -0.1) is 0 Å². The standard InChI is InChI=1S/C22H29N3O4/c1-5-16(26)10-11-19(22(28)29-14(2)3)24-21(27)18(23)12-15-13-25(4)20-9-7-6-8-17(15)20/h5-9,13-14,18-19H,1,10-12,23H2,2-4H3,(H,24,27)/t18-,19+/m1/s1. The predicted molar refractivity (Wildman–Crippen MR) is 112 cm³/mol.